The van der Waals surface area contributed by atoms with E-state index in [1.165, 1.54) is 25.7 Å². The molecule has 3 N–H and O–H groups in total. The van der Waals surface area contributed by atoms with E-state index in [9.17, 15) is 19.0 Å². The molecule has 0 aromatic heterocycles. The first kappa shape index (κ1) is 50.2. The third kappa shape index (κ3) is 38.7. The Morgan fingerprint density at radius 2 is 1.04 bits per heavy atom. The van der Waals surface area contributed by atoms with Crippen molar-refractivity contribution in [3.8, 4) is 0 Å². The van der Waals surface area contributed by atoms with Crippen LogP contribution in [0.25, 0.3) is 0 Å². The highest BCUT2D eigenvalue weighted by molar-refractivity contribution is 7.47. The third-order valence-electron chi connectivity index (χ3n) is 7.77. The van der Waals surface area contributed by atoms with Gasteiger partial charge in [-0.2, -0.15) is 0 Å². The molecule has 0 aliphatic carbocycles. The number of carbonyl (C=O) groups excluding carboxylic acids is 2. The minimum Gasteiger partial charge on any atom is -0.462 e. The van der Waals surface area contributed by atoms with E-state index in [-0.39, 0.29) is 32.6 Å². The van der Waals surface area contributed by atoms with E-state index in [0.717, 1.165) is 77.0 Å². The van der Waals surface area contributed by atoms with Crippen LogP contribution in [0.3, 0.4) is 0 Å². The molecule has 53 heavy (non-hydrogen) atoms. The Morgan fingerprint density at radius 3 is 1.57 bits per heavy atom. The van der Waals surface area contributed by atoms with Crippen molar-refractivity contribution in [1.82, 2.24) is 0 Å². The fourth-order valence-corrected chi connectivity index (χ4v) is 5.57. The first-order chi connectivity index (χ1) is 25.8. The van der Waals surface area contributed by atoms with Crippen molar-refractivity contribution in [2.75, 3.05) is 26.4 Å². The highest BCUT2D eigenvalue weighted by Gasteiger charge is 2.25. The van der Waals surface area contributed by atoms with Crippen LogP contribution in [0.4, 0.5) is 0 Å². The summed E-state index contributed by atoms with van der Waals surface area (Å²) in [6.45, 7) is 3.48. The zero-order chi connectivity index (χ0) is 38.9. The Labute approximate surface area is 322 Å². The number of unbranched alkanes of at least 4 members (excludes halogenated alkanes) is 9. The summed E-state index contributed by atoms with van der Waals surface area (Å²) >= 11 is 0. The zero-order valence-electron chi connectivity index (χ0n) is 33.0. The van der Waals surface area contributed by atoms with Crippen LogP contribution in [0.1, 0.15) is 142 Å². The molecular formula is C43H72NO8P. The molecule has 0 saturated carbocycles. The average molecular weight is 762 g/mol. The molecule has 302 valence electrons. The number of allylic oxidation sites excluding steroid dienone is 14. The Hall–Kier alpha value is -2.81. The van der Waals surface area contributed by atoms with Crippen LogP contribution in [-0.4, -0.2) is 49.3 Å². The molecule has 10 heteroatoms. The number of phosphoric ester groups is 1. The van der Waals surface area contributed by atoms with Crippen LogP contribution < -0.4 is 5.73 Å². The molecule has 0 saturated heterocycles. The maximum atomic E-state index is 12.5. The van der Waals surface area contributed by atoms with Gasteiger partial charge in [0, 0.05) is 19.4 Å². The molecule has 0 aromatic carbocycles. The molecule has 1 unspecified atom stereocenters. The second kappa shape index (κ2) is 38.9. The third-order valence-corrected chi connectivity index (χ3v) is 8.75. The van der Waals surface area contributed by atoms with Gasteiger partial charge in [0.05, 0.1) is 13.2 Å². The number of hydrogen-bond donors (Lipinski definition) is 2. The van der Waals surface area contributed by atoms with Crippen LogP contribution >= 0.6 is 7.82 Å². The largest absolute Gasteiger partial charge is 0.472 e. The maximum absolute atomic E-state index is 12.5. The number of phosphoric acid groups is 1. The van der Waals surface area contributed by atoms with E-state index >= 15 is 0 Å². The van der Waals surface area contributed by atoms with Crippen molar-refractivity contribution in [3.05, 3.63) is 85.1 Å². The number of carbonyl (C=O) groups is 2. The van der Waals surface area contributed by atoms with E-state index in [2.05, 4.69) is 98.9 Å². The van der Waals surface area contributed by atoms with Crippen molar-refractivity contribution in [1.29, 1.82) is 0 Å². The van der Waals surface area contributed by atoms with Gasteiger partial charge >= 0.3 is 19.8 Å². The first-order valence-corrected chi connectivity index (χ1v) is 21.6. The minimum atomic E-state index is -4.40. The molecule has 0 amide bonds. The van der Waals surface area contributed by atoms with E-state index in [1.54, 1.807) is 0 Å². The lowest BCUT2D eigenvalue weighted by Crippen LogP contribution is -2.29. The number of esters is 2. The van der Waals surface area contributed by atoms with Crippen molar-refractivity contribution in [2.24, 2.45) is 5.73 Å². The standard InChI is InChI=1S/C43H72NO8P/c1-3-5-7-9-11-13-15-17-19-20-22-24-26-28-30-32-34-36-43(46)52-41(40-51-53(47,48)50-38-37-44)39-49-42(45)35-33-31-29-27-25-23-21-18-16-14-12-10-8-6-4-2/h6,8,11-14,17-19,21-22,24-25,27,41H,3-5,7,9-10,15-16,20,23,26,28-40,44H2,1-2H3,(H,47,48)/b8-6+,13-11+,14-12+,19-17+,21-18+,24-22+,27-25+/t41-/m1/s1. The van der Waals surface area contributed by atoms with Gasteiger partial charge in [-0.25, -0.2) is 4.57 Å². The van der Waals surface area contributed by atoms with Crippen molar-refractivity contribution in [2.45, 2.75) is 148 Å². The number of nitrogens with two attached hydrogens (primary N) is 1. The predicted octanol–water partition coefficient (Wildman–Crippen LogP) is 11.3. The Bertz CT molecular complexity index is 1140. The van der Waals surface area contributed by atoms with Crippen LogP contribution in [0.15, 0.2) is 85.1 Å². The quantitative estimate of drug-likeness (QED) is 0.0277. The predicted molar refractivity (Wildman–Crippen MR) is 219 cm³/mol. The van der Waals surface area contributed by atoms with Gasteiger partial charge in [0.2, 0.25) is 0 Å². The van der Waals surface area contributed by atoms with Crippen LogP contribution in [0, 0.1) is 0 Å². The lowest BCUT2D eigenvalue weighted by atomic mass is 10.1. The molecule has 0 aromatic rings. The molecule has 0 aliphatic rings. The Morgan fingerprint density at radius 1 is 0.585 bits per heavy atom. The van der Waals surface area contributed by atoms with Gasteiger partial charge in [0.1, 0.15) is 6.61 Å². The highest BCUT2D eigenvalue weighted by atomic mass is 31.2. The summed E-state index contributed by atoms with van der Waals surface area (Å²) in [7, 11) is -4.40. The van der Waals surface area contributed by atoms with Crippen LogP contribution in [-0.2, 0) is 32.7 Å². The summed E-state index contributed by atoms with van der Waals surface area (Å²) in [5, 5.41) is 0. The van der Waals surface area contributed by atoms with E-state index in [1.807, 2.05) is 0 Å². The van der Waals surface area contributed by atoms with Crippen LogP contribution in [0.5, 0.6) is 0 Å². The molecule has 0 heterocycles. The molecule has 0 fully saturated rings. The molecule has 0 rings (SSSR count). The molecule has 0 radical (unpaired) electrons. The van der Waals surface area contributed by atoms with Gasteiger partial charge in [-0.3, -0.25) is 18.6 Å². The topological polar surface area (TPSA) is 134 Å². The first-order valence-electron chi connectivity index (χ1n) is 20.1. The summed E-state index contributed by atoms with van der Waals surface area (Å²) in [6.07, 6.45) is 47.6. The van der Waals surface area contributed by atoms with Crippen molar-refractivity contribution >= 4 is 19.8 Å². The molecule has 0 spiro atoms. The monoisotopic (exact) mass is 761 g/mol. The summed E-state index contributed by atoms with van der Waals surface area (Å²) in [4.78, 5) is 34.8. The van der Waals surface area contributed by atoms with Gasteiger partial charge < -0.3 is 20.1 Å². The van der Waals surface area contributed by atoms with E-state index in [4.69, 9.17) is 24.3 Å². The normalized spacial score (nSPS) is 14.3. The summed E-state index contributed by atoms with van der Waals surface area (Å²) in [5.41, 5.74) is 5.33. The smallest absolute Gasteiger partial charge is 0.462 e. The summed E-state index contributed by atoms with van der Waals surface area (Å²) in [5.74, 6) is -0.913. The fourth-order valence-electron chi connectivity index (χ4n) is 4.81. The second-order valence-electron chi connectivity index (χ2n) is 12.8. The summed E-state index contributed by atoms with van der Waals surface area (Å²) in [6, 6.07) is 0. The molecular weight excluding hydrogens is 689 g/mol. The van der Waals surface area contributed by atoms with E-state index in [0.29, 0.717) is 12.8 Å². The van der Waals surface area contributed by atoms with Gasteiger partial charge in [-0.1, -0.05) is 125 Å². The highest BCUT2D eigenvalue weighted by Crippen LogP contribution is 2.43. The van der Waals surface area contributed by atoms with Gasteiger partial charge in [0.25, 0.3) is 0 Å². The second-order valence-corrected chi connectivity index (χ2v) is 14.2. The number of ether oxygens (including phenoxy) is 2. The van der Waals surface area contributed by atoms with Gasteiger partial charge in [-0.05, 0) is 89.9 Å². The van der Waals surface area contributed by atoms with E-state index < -0.39 is 32.5 Å². The van der Waals surface area contributed by atoms with Crippen LogP contribution in [0.2, 0.25) is 0 Å². The van der Waals surface area contributed by atoms with Crippen molar-refractivity contribution < 1.29 is 37.6 Å². The van der Waals surface area contributed by atoms with Gasteiger partial charge in [0.15, 0.2) is 6.10 Å². The van der Waals surface area contributed by atoms with Crippen molar-refractivity contribution in [3.63, 3.8) is 0 Å². The maximum Gasteiger partial charge on any atom is 0.472 e. The summed E-state index contributed by atoms with van der Waals surface area (Å²) < 4.78 is 32.6. The molecule has 0 bridgehead atoms. The number of rotatable bonds is 36. The zero-order valence-corrected chi connectivity index (χ0v) is 33.9. The molecule has 2 atom stereocenters. The molecule has 9 nitrogen and oxygen atoms in total. The SMILES string of the molecule is CC/C=C/C/C=C/C/C=C/C/C=C/CCCCC(=O)OC[C@H](COP(=O)(O)OCCN)OC(=O)CCCCCC/C=C/C/C=C/C/C=C/CCCCC. The Kier molecular flexibility index (Phi) is 36.8. The van der Waals surface area contributed by atoms with Gasteiger partial charge in [-0.15, -0.1) is 0 Å². The average Bonchev–Trinajstić information content (AvgIpc) is 3.14. The Balaban J connectivity index is 4.34. The molecule has 0 aliphatic heterocycles. The lowest BCUT2D eigenvalue weighted by molar-refractivity contribution is -0.161. The lowest BCUT2D eigenvalue weighted by Gasteiger charge is -2.19. The number of hydrogen-bond acceptors (Lipinski definition) is 8. The minimum absolute atomic E-state index is 0.0389. The fraction of sp³-hybridized carbons (Fsp3) is 0.628.